The molecular formula is C21H28N2O5S2. The second-order valence-electron chi connectivity index (χ2n) is 7.18. The van der Waals surface area contributed by atoms with Gasteiger partial charge in [-0.25, -0.2) is 0 Å². The van der Waals surface area contributed by atoms with Crippen LogP contribution in [-0.4, -0.2) is 40.1 Å². The minimum Gasteiger partial charge on any atom is -0.465 e. The maximum Gasteiger partial charge on any atom is 0.326 e. The molecule has 1 aliphatic heterocycles. The molecule has 164 valence electrons. The van der Waals surface area contributed by atoms with Gasteiger partial charge in [-0.1, -0.05) is 49.0 Å². The Hall–Kier alpha value is -1.84. The van der Waals surface area contributed by atoms with Crippen LogP contribution in [0.1, 0.15) is 47.0 Å². The van der Waals surface area contributed by atoms with E-state index in [1.54, 1.807) is 31.2 Å². The van der Waals surface area contributed by atoms with Crippen LogP contribution in [0.4, 0.5) is 5.69 Å². The molecule has 7 nitrogen and oxygen atoms in total. The Labute approximate surface area is 185 Å². The van der Waals surface area contributed by atoms with Crippen molar-refractivity contribution in [3.05, 3.63) is 24.3 Å². The van der Waals surface area contributed by atoms with Crippen molar-refractivity contribution in [2.24, 2.45) is 11.1 Å². The molecule has 0 saturated heterocycles. The number of para-hydroxylation sites is 1. The number of thioether (sulfide) groups is 2. The monoisotopic (exact) mass is 452 g/mol. The van der Waals surface area contributed by atoms with E-state index in [0.29, 0.717) is 17.0 Å². The molecule has 1 amide bonds. The van der Waals surface area contributed by atoms with Gasteiger partial charge in [0.25, 0.3) is 0 Å². The van der Waals surface area contributed by atoms with Crippen molar-refractivity contribution in [3.63, 3.8) is 0 Å². The highest BCUT2D eigenvalue weighted by atomic mass is 32.2. The third-order valence-electron chi connectivity index (χ3n) is 4.99. The molecule has 1 aliphatic rings. The van der Waals surface area contributed by atoms with Crippen molar-refractivity contribution in [3.8, 4) is 0 Å². The van der Waals surface area contributed by atoms with E-state index in [1.807, 2.05) is 6.92 Å². The largest absolute Gasteiger partial charge is 0.465 e. The Bertz CT molecular complexity index is 846. The van der Waals surface area contributed by atoms with Crippen molar-refractivity contribution in [2.75, 3.05) is 18.1 Å². The van der Waals surface area contributed by atoms with E-state index in [1.165, 1.54) is 18.7 Å². The van der Waals surface area contributed by atoms with Gasteiger partial charge in [-0.15, -0.1) is 0 Å². The number of benzene rings is 1. The van der Waals surface area contributed by atoms with Crippen LogP contribution in [-0.2, 0) is 23.9 Å². The number of hydrogen-bond acceptors (Lipinski definition) is 8. The fraction of sp³-hybridized carbons (Fsp3) is 0.524. The zero-order valence-electron chi connectivity index (χ0n) is 17.7. The fourth-order valence-electron chi connectivity index (χ4n) is 3.29. The molecule has 0 saturated carbocycles. The third-order valence-corrected chi connectivity index (χ3v) is 7.77. The third kappa shape index (κ3) is 4.73. The quantitative estimate of drug-likeness (QED) is 0.364. The van der Waals surface area contributed by atoms with Gasteiger partial charge >= 0.3 is 5.97 Å². The number of esters is 1. The number of nitrogens with zero attached hydrogens (tertiary/aromatic N) is 1. The summed E-state index contributed by atoms with van der Waals surface area (Å²) in [5.41, 5.74) is 5.43. The minimum absolute atomic E-state index is 0.153. The van der Waals surface area contributed by atoms with Crippen molar-refractivity contribution in [1.82, 2.24) is 0 Å². The number of carbonyl (C=O) groups excluding carboxylic acids is 4. The summed E-state index contributed by atoms with van der Waals surface area (Å²) in [5, 5.41) is -0.302. The Balaban J connectivity index is 2.67. The first kappa shape index (κ1) is 24.4. The average Bonchev–Trinajstić information content (AvgIpc) is 2.74. The summed E-state index contributed by atoms with van der Waals surface area (Å²) in [6.07, 6.45) is 1.52. The van der Waals surface area contributed by atoms with E-state index >= 15 is 0 Å². The molecule has 1 aromatic carbocycles. The topological polar surface area (TPSA) is 107 Å². The fourth-order valence-corrected chi connectivity index (χ4v) is 6.07. The van der Waals surface area contributed by atoms with Crippen LogP contribution in [0.25, 0.3) is 0 Å². The summed E-state index contributed by atoms with van der Waals surface area (Å²) < 4.78 is 3.47. The van der Waals surface area contributed by atoms with E-state index in [4.69, 9.17) is 10.5 Å². The molecule has 0 aromatic heterocycles. The van der Waals surface area contributed by atoms with Gasteiger partial charge in [-0.2, -0.15) is 0 Å². The highest BCUT2D eigenvalue weighted by molar-refractivity contribution is 8.26. The minimum atomic E-state index is -1.73. The van der Waals surface area contributed by atoms with Crippen LogP contribution in [0.15, 0.2) is 29.2 Å². The van der Waals surface area contributed by atoms with Gasteiger partial charge in [-0.05, 0) is 32.4 Å². The number of Topliss-reactive ketones (excluding diaryl/α,β-unsaturated/α-hetero) is 1. The van der Waals surface area contributed by atoms with E-state index < -0.39 is 21.5 Å². The van der Waals surface area contributed by atoms with Gasteiger partial charge in [0.2, 0.25) is 5.91 Å². The molecule has 1 aromatic rings. The lowest BCUT2D eigenvalue weighted by molar-refractivity contribution is -0.145. The smallest absolute Gasteiger partial charge is 0.326 e. The maximum atomic E-state index is 13.9. The van der Waals surface area contributed by atoms with Gasteiger partial charge < -0.3 is 10.5 Å². The SMILES string of the molecule is CCCCC(=O)[C@@]1(C)C(=O)N(CC(=O)OCC)c2ccccc2S[C@]1(N)SC(C)=O. The summed E-state index contributed by atoms with van der Waals surface area (Å²) >= 11 is 1.89. The molecule has 2 rings (SSSR count). The summed E-state index contributed by atoms with van der Waals surface area (Å²) in [6, 6.07) is 6.97. The van der Waals surface area contributed by atoms with Crippen LogP contribution >= 0.6 is 23.5 Å². The normalized spacial score (nSPS) is 23.5. The number of unbranched alkanes of at least 4 members (excludes halogenated alkanes) is 1. The van der Waals surface area contributed by atoms with Crippen LogP contribution in [0, 0.1) is 5.41 Å². The van der Waals surface area contributed by atoms with Crippen molar-refractivity contribution >= 4 is 52.0 Å². The average molecular weight is 453 g/mol. The van der Waals surface area contributed by atoms with E-state index in [0.717, 1.165) is 29.9 Å². The number of ether oxygens (including phenoxy) is 1. The number of hydrogen-bond donors (Lipinski definition) is 1. The van der Waals surface area contributed by atoms with Gasteiger partial charge in [0.1, 0.15) is 16.2 Å². The summed E-state index contributed by atoms with van der Waals surface area (Å²) in [5.74, 6) is -1.54. The molecule has 1 heterocycles. The number of rotatable bonds is 8. The van der Waals surface area contributed by atoms with E-state index in [2.05, 4.69) is 0 Å². The van der Waals surface area contributed by atoms with E-state index in [9.17, 15) is 19.2 Å². The van der Waals surface area contributed by atoms with Gasteiger partial charge in [0.15, 0.2) is 10.9 Å². The highest BCUT2D eigenvalue weighted by Gasteiger charge is 2.61. The second-order valence-corrected chi connectivity index (χ2v) is 10.1. The summed E-state index contributed by atoms with van der Waals surface area (Å²) in [6.45, 7) is 6.29. The van der Waals surface area contributed by atoms with Crippen LogP contribution in [0.2, 0.25) is 0 Å². The summed E-state index contributed by atoms with van der Waals surface area (Å²) in [4.78, 5) is 53.4. The zero-order chi connectivity index (χ0) is 22.5. The number of nitrogens with two attached hydrogens (primary N) is 1. The van der Waals surface area contributed by atoms with Gasteiger partial charge in [-0.3, -0.25) is 24.1 Å². The van der Waals surface area contributed by atoms with Crippen LogP contribution in [0.3, 0.4) is 0 Å². The Morgan fingerprint density at radius 1 is 1.23 bits per heavy atom. The first-order chi connectivity index (χ1) is 14.1. The standard InChI is InChI=1S/C21H28N2O5S2/c1-5-7-12-17(25)20(4)19(27)23(13-18(26)28-6-2)15-10-8-9-11-16(15)30-21(20,22)29-14(3)24/h8-11H,5-7,12-13,22H2,1-4H3/t20-,21+/m0/s1. The molecule has 0 radical (unpaired) electrons. The first-order valence-electron chi connectivity index (χ1n) is 9.88. The molecule has 2 N–H and O–H groups in total. The van der Waals surface area contributed by atoms with Crippen molar-refractivity contribution < 1.29 is 23.9 Å². The Kier molecular flexibility index (Phi) is 8.13. The molecule has 2 atom stereocenters. The number of carbonyl (C=O) groups is 4. The summed E-state index contributed by atoms with van der Waals surface area (Å²) in [7, 11) is 0. The predicted octanol–water partition coefficient (Wildman–Crippen LogP) is 3.35. The lowest BCUT2D eigenvalue weighted by Gasteiger charge is -2.41. The molecule has 0 aliphatic carbocycles. The molecule has 0 spiro atoms. The predicted molar refractivity (Wildman–Crippen MR) is 119 cm³/mol. The van der Waals surface area contributed by atoms with Crippen molar-refractivity contribution in [1.29, 1.82) is 0 Å². The number of amides is 1. The van der Waals surface area contributed by atoms with E-state index in [-0.39, 0.29) is 30.5 Å². The maximum absolute atomic E-state index is 13.9. The highest BCUT2D eigenvalue weighted by Crippen LogP contribution is 2.56. The van der Waals surface area contributed by atoms with Gasteiger partial charge in [0.05, 0.1) is 12.3 Å². The molecule has 9 heteroatoms. The van der Waals surface area contributed by atoms with Gasteiger partial charge in [0, 0.05) is 18.2 Å². The Morgan fingerprint density at radius 2 is 1.90 bits per heavy atom. The van der Waals surface area contributed by atoms with Crippen LogP contribution in [0.5, 0.6) is 0 Å². The molecular weight excluding hydrogens is 424 g/mol. The molecule has 0 unspecified atom stereocenters. The lowest BCUT2D eigenvalue weighted by atomic mass is 9.80. The molecule has 0 fully saturated rings. The first-order valence-corrected chi connectivity index (χ1v) is 11.5. The zero-order valence-corrected chi connectivity index (χ0v) is 19.4. The second kappa shape index (κ2) is 9.98. The number of fused-ring (bicyclic) bond motifs is 1. The lowest BCUT2D eigenvalue weighted by Crippen LogP contribution is -2.61. The Morgan fingerprint density at radius 3 is 2.50 bits per heavy atom. The van der Waals surface area contributed by atoms with Crippen LogP contribution < -0.4 is 10.6 Å². The number of ketones is 1. The van der Waals surface area contributed by atoms with Crippen molar-refractivity contribution in [2.45, 2.75) is 56.1 Å². The molecule has 0 bridgehead atoms. The molecule has 30 heavy (non-hydrogen) atoms. The number of anilines is 1.